The van der Waals surface area contributed by atoms with Gasteiger partial charge in [0.2, 0.25) is 0 Å². The second-order valence-corrected chi connectivity index (χ2v) is 11.0. The van der Waals surface area contributed by atoms with E-state index in [-0.39, 0.29) is 23.9 Å². The molecule has 7 heteroatoms. The summed E-state index contributed by atoms with van der Waals surface area (Å²) in [5, 5.41) is 24.4. The third kappa shape index (κ3) is 9.42. The molecule has 0 spiro atoms. The SMILES string of the molecule is COCNc1cc2c(cn1)COC(CC(O)CCc1ccc(O)c(OC3CCCCC3)c1)CCCC(C)C#C2. The van der Waals surface area contributed by atoms with Crippen molar-refractivity contribution in [3.8, 4) is 23.3 Å². The highest BCUT2D eigenvalue weighted by atomic mass is 16.5. The lowest BCUT2D eigenvalue weighted by Crippen LogP contribution is -2.22. The molecule has 1 aliphatic carbocycles. The molecule has 39 heavy (non-hydrogen) atoms. The third-order valence-corrected chi connectivity index (χ3v) is 7.65. The van der Waals surface area contributed by atoms with E-state index in [4.69, 9.17) is 14.2 Å². The molecular weight excluding hydrogens is 492 g/mol. The summed E-state index contributed by atoms with van der Waals surface area (Å²) >= 11 is 0. The molecule has 1 fully saturated rings. The van der Waals surface area contributed by atoms with E-state index in [2.05, 4.69) is 29.1 Å². The van der Waals surface area contributed by atoms with Crippen molar-refractivity contribution in [2.45, 2.75) is 102 Å². The number of hydrogen-bond donors (Lipinski definition) is 3. The number of methoxy groups -OCH3 is 1. The van der Waals surface area contributed by atoms with Crippen molar-refractivity contribution in [3.05, 3.63) is 47.2 Å². The summed E-state index contributed by atoms with van der Waals surface area (Å²) < 4.78 is 17.5. The maximum atomic E-state index is 10.9. The number of ether oxygens (including phenoxy) is 3. The largest absolute Gasteiger partial charge is 0.504 e. The lowest BCUT2D eigenvalue weighted by molar-refractivity contribution is -0.00375. The van der Waals surface area contributed by atoms with Gasteiger partial charge in [0.05, 0.1) is 24.9 Å². The molecule has 3 unspecified atom stereocenters. The highest BCUT2D eigenvalue weighted by Crippen LogP contribution is 2.32. The zero-order valence-electron chi connectivity index (χ0n) is 23.5. The van der Waals surface area contributed by atoms with Crippen molar-refractivity contribution in [1.82, 2.24) is 4.98 Å². The zero-order chi connectivity index (χ0) is 27.5. The second-order valence-electron chi connectivity index (χ2n) is 11.0. The first-order chi connectivity index (χ1) is 19.0. The van der Waals surface area contributed by atoms with Gasteiger partial charge >= 0.3 is 0 Å². The van der Waals surface area contributed by atoms with Gasteiger partial charge in [-0.15, -0.1) is 0 Å². The first-order valence-corrected chi connectivity index (χ1v) is 14.5. The van der Waals surface area contributed by atoms with Crippen molar-refractivity contribution in [1.29, 1.82) is 0 Å². The number of phenolic OH excluding ortho intramolecular Hbond substituents is 1. The Morgan fingerprint density at radius 1 is 1.13 bits per heavy atom. The van der Waals surface area contributed by atoms with E-state index in [9.17, 15) is 10.2 Å². The molecule has 1 saturated carbocycles. The summed E-state index contributed by atoms with van der Waals surface area (Å²) in [6.07, 6.45) is 12.0. The summed E-state index contributed by atoms with van der Waals surface area (Å²) in [4.78, 5) is 4.48. The molecule has 0 amide bonds. The molecule has 0 saturated heterocycles. The third-order valence-electron chi connectivity index (χ3n) is 7.65. The van der Waals surface area contributed by atoms with Gasteiger partial charge in [-0.1, -0.05) is 31.3 Å². The van der Waals surface area contributed by atoms with E-state index < -0.39 is 6.10 Å². The minimum absolute atomic E-state index is 0.0468. The average Bonchev–Trinajstić information content (AvgIpc) is 2.97. The van der Waals surface area contributed by atoms with Gasteiger partial charge in [0.15, 0.2) is 11.5 Å². The number of rotatable bonds is 10. The molecule has 0 bridgehead atoms. The summed E-state index contributed by atoms with van der Waals surface area (Å²) in [7, 11) is 1.64. The predicted octanol–water partition coefficient (Wildman–Crippen LogP) is 5.96. The van der Waals surface area contributed by atoms with Crippen molar-refractivity contribution < 1.29 is 24.4 Å². The number of fused-ring (bicyclic) bond motifs is 1. The van der Waals surface area contributed by atoms with Crippen LogP contribution in [0.5, 0.6) is 11.5 Å². The molecule has 0 radical (unpaired) electrons. The fourth-order valence-electron chi connectivity index (χ4n) is 5.29. The molecule has 2 aromatic rings. The van der Waals surface area contributed by atoms with Crippen molar-refractivity contribution >= 4 is 5.82 Å². The number of aromatic nitrogens is 1. The van der Waals surface area contributed by atoms with Crippen LogP contribution in [-0.4, -0.2) is 47.3 Å². The van der Waals surface area contributed by atoms with Crippen LogP contribution in [0.25, 0.3) is 0 Å². The zero-order valence-corrected chi connectivity index (χ0v) is 23.5. The number of phenols is 1. The summed E-state index contributed by atoms with van der Waals surface area (Å²) in [5.74, 6) is 8.46. The molecule has 7 nitrogen and oxygen atoms in total. The monoisotopic (exact) mass is 536 g/mol. The van der Waals surface area contributed by atoms with Gasteiger partial charge in [0.25, 0.3) is 0 Å². The minimum Gasteiger partial charge on any atom is -0.504 e. The Morgan fingerprint density at radius 3 is 2.79 bits per heavy atom. The summed E-state index contributed by atoms with van der Waals surface area (Å²) in [5.41, 5.74) is 2.92. The molecule has 3 atom stereocenters. The van der Waals surface area contributed by atoms with E-state index in [0.29, 0.717) is 38.3 Å². The summed E-state index contributed by atoms with van der Waals surface area (Å²) in [6, 6.07) is 7.50. The van der Waals surface area contributed by atoms with Crippen molar-refractivity contribution in [2.75, 3.05) is 19.2 Å². The number of nitrogens with one attached hydrogen (secondary N) is 1. The second kappa shape index (κ2) is 15.1. The van der Waals surface area contributed by atoms with E-state index in [1.807, 2.05) is 24.4 Å². The molecule has 1 aromatic carbocycles. The van der Waals surface area contributed by atoms with Crippen LogP contribution in [0.4, 0.5) is 5.82 Å². The van der Waals surface area contributed by atoms with Crippen molar-refractivity contribution in [2.24, 2.45) is 5.92 Å². The Bertz CT molecular complexity index is 1110. The van der Waals surface area contributed by atoms with Crippen LogP contribution in [-0.2, 0) is 22.5 Å². The van der Waals surface area contributed by atoms with E-state index >= 15 is 0 Å². The van der Waals surface area contributed by atoms with Gasteiger partial charge in [-0.05, 0) is 88.0 Å². The van der Waals surface area contributed by atoms with Crippen LogP contribution >= 0.6 is 0 Å². The Balaban J connectivity index is 1.33. The fourth-order valence-corrected chi connectivity index (χ4v) is 5.29. The molecule has 2 aliphatic rings. The smallest absolute Gasteiger partial charge is 0.161 e. The van der Waals surface area contributed by atoms with E-state index in [1.54, 1.807) is 13.2 Å². The first-order valence-electron chi connectivity index (χ1n) is 14.5. The maximum Gasteiger partial charge on any atom is 0.161 e. The predicted molar refractivity (Wildman–Crippen MR) is 153 cm³/mol. The van der Waals surface area contributed by atoms with Crippen LogP contribution in [0.1, 0.15) is 87.8 Å². The standard InChI is InChI=1S/C32H44N2O5/c1-23-7-6-10-29(38-21-26-20-33-32(34-22-37-2)18-25(26)14-11-23)19-27(35)15-12-24-13-16-30(36)31(17-24)39-28-8-4-3-5-9-28/h13,16-18,20,23,27-29,35-36H,3-10,12,15,19,21-22H2,1-2H3,(H,33,34). The highest BCUT2D eigenvalue weighted by Gasteiger charge is 2.19. The maximum absolute atomic E-state index is 10.9. The van der Waals surface area contributed by atoms with Crippen molar-refractivity contribution in [3.63, 3.8) is 0 Å². The number of aliphatic hydroxyl groups excluding tert-OH is 1. The molecule has 212 valence electrons. The van der Waals surface area contributed by atoms with Crippen LogP contribution in [0.3, 0.4) is 0 Å². The van der Waals surface area contributed by atoms with Crippen LogP contribution < -0.4 is 10.1 Å². The van der Waals surface area contributed by atoms with Gasteiger partial charge in [-0.3, -0.25) is 0 Å². The number of benzene rings is 1. The molecule has 1 aromatic heterocycles. The quantitative estimate of drug-likeness (QED) is 0.255. The normalized spacial score (nSPS) is 21.1. The molecule has 2 heterocycles. The Labute approximate surface area is 233 Å². The lowest BCUT2D eigenvalue weighted by atomic mass is 9.97. The van der Waals surface area contributed by atoms with Crippen LogP contribution in [0.15, 0.2) is 30.5 Å². The molecule has 4 rings (SSSR count). The lowest BCUT2D eigenvalue weighted by Gasteiger charge is -2.24. The average molecular weight is 537 g/mol. The van der Waals surface area contributed by atoms with Gasteiger partial charge in [-0.2, -0.15) is 0 Å². The van der Waals surface area contributed by atoms with Crippen LogP contribution in [0, 0.1) is 17.8 Å². The minimum atomic E-state index is -0.483. The van der Waals surface area contributed by atoms with E-state index in [0.717, 1.165) is 54.6 Å². The highest BCUT2D eigenvalue weighted by molar-refractivity contribution is 5.49. The number of hydrogen-bond acceptors (Lipinski definition) is 7. The Kier molecular flexibility index (Phi) is 11.3. The first kappa shape index (κ1) is 29.2. The molecule has 3 N–H and O–H groups in total. The Morgan fingerprint density at radius 2 is 1.97 bits per heavy atom. The van der Waals surface area contributed by atoms with Gasteiger partial charge in [-0.25, -0.2) is 4.98 Å². The van der Waals surface area contributed by atoms with E-state index in [1.165, 1.54) is 19.3 Å². The number of aliphatic hydroxyl groups is 1. The fraction of sp³-hybridized carbons (Fsp3) is 0.594. The number of pyridine rings is 1. The number of nitrogens with zero attached hydrogens (tertiary/aromatic N) is 1. The Hall–Kier alpha value is -2.79. The topological polar surface area (TPSA) is 93.1 Å². The number of aryl methyl sites for hydroxylation is 1. The number of aromatic hydroxyl groups is 1. The summed E-state index contributed by atoms with van der Waals surface area (Å²) in [6.45, 7) is 2.95. The van der Waals surface area contributed by atoms with Gasteiger partial charge in [0.1, 0.15) is 12.5 Å². The molecule has 1 aliphatic heterocycles. The van der Waals surface area contributed by atoms with Gasteiger partial charge in [0, 0.05) is 30.4 Å². The molecular formula is C32H44N2O5. The van der Waals surface area contributed by atoms with Gasteiger partial charge < -0.3 is 29.7 Å². The van der Waals surface area contributed by atoms with Crippen LogP contribution in [0.2, 0.25) is 0 Å². The number of anilines is 1.